The minimum atomic E-state index is -3.52. The zero-order valence-electron chi connectivity index (χ0n) is 25.7. The zero-order valence-corrected chi connectivity index (χ0v) is 28.5. The van der Waals surface area contributed by atoms with Gasteiger partial charge in [-0.15, -0.1) is 0 Å². The van der Waals surface area contributed by atoms with Crippen molar-refractivity contribution in [2.45, 2.75) is 127 Å². The van der Waals surface area contributed by atoms with Gasteiger partial charge in [0.15, 0.2) is 26.5 Å². The van der Waals surface area contributed by atoms with Crippen LogP contribution in [-0.2, 0) is 23.5 Å². The molecule has 0 aliphatic heterocycles. The van der Waals surface area contributed by atoms with E-state index in [4.69, 9.17) is 14.0 Å². The largest absolute Gasteiger partial charge is 0.481 e. The Hall–Kier alpha value is -1.27. The Morgan fingerprint density at radius 2 is 1.35 bits per heavy atom. The van der Waals surface area contributed by atoms with Gasteiger partial charge in [0, 0.05) is 12.3 Å². The van der Waals surface area contributed by atoms with Crippen LogP contribution >= 0.6 is 0 Å². The Bertz CT molecular complexity index is 1000. The topological polar surface area (TPSA) is 89.9 Å². The van der Waals surface area contributed by atoms with Crippen molar-refractivity contribution in [3.8, 4) is 0 Å². The fraction of sp³-hybridized carbons (Fsp3) is 0.710. The molecule has 0 radical (unpaired) electrons. The highest BCUT2D eigenvalue weighted by Crippen LogP contribution is 2.44. The van der Waals surface area contributed by atoms with E-state index in [1.54, 1.807) is 24.3 Å². The fourth-order valence-electron chi connectivity index (χ4n) is 6.32. The molecular weight excluding hydrogens is 557 g/mol. The number of allylic oxidation sites excluding steroid dienone is 2. The number of sulfone groups is 1. The number of hydrogen-bond donors (Lipinski definition) is 1. The first-order chi connectivity index (χ1) is 19.0. The third-order valence-electron chi connectivity index (χ3n) is 9.49. The first-order valence-corrected chi connectivity index (χ1v) is 22.3. The molecule has 2 rings (SSSR count). The number of benzene rings is 1. The van der Waals surface area contributed by atoms with Crippen molar-refractivity contribution < 1.29 is 27.2 Å². The summed E-state index contributed by atoms with van der Waals surface area (Å²) < 4.78 is 41.7. The van der Waals surface area contributed by atoms with E-state index in [1.165, 1.54) is 0 Å². The minimum absolute atomic E-state index is 0.0339. The molecule has 1 N–H and O–H groups in total. The first kappa shape index (κ1) is 34.9. The van der Waals surface area contributed by atoms with Crippen molar-refractivity contribution in [3.63, 3.8) is 0 Å². The molecule has 1 aromatic carbocycles. The second kappa shape index (κ2) is 16.4. The van der Waals surface area contributed by atoms with Crippen LogP contribution in [0.3, 0.4) is 0 Å². The lowest BCUT2D eigenvalue weighted by Crippen LogP contribution is -2.43. The summed E-state index contributed by atoms with van der Waals surface area (Å²) in [5, 5.41) is 8.97. The molecule has 1 aliphatic carbocycles. The predicted molar refractivity (Wildman–Crippen MR) is 169 cm³/mol. The van der Waals surface area contributed by atoms with E-state index in [0.717, 1.165) is 42.7 Å². The summed E-state index contributed by atoms with van der Waals surface area (Å²) in [6, 6.07) is 15.0. The molecule has 228 valence electrons. The summed E-state index contributed by atoms with van der Waals surface area (Å²) in [7, 11) is -7.46. The highest BCUT2D eigenvalue weighted by Gasteiger charge is 2.50. The van der Waals surface area contributed by atoms with E-state index in [2.05, 4.69) is 53.7 Å². The van der Waals surface area contributed by atoms with Gasteiger partial charge in [0.2, 0.25) is 0 Å². The number of carbonyl (C=O) groups is 1. The lowest BCUT2D eigenvalue weighted by molar-refractivity contribution is -0.137. The molecule has 0 heterocycles. The van der Waals surface area contributed by atoms with Gasteiger partial charge in [-0.1, -0.05) is 71.9 Å². The third kappa shape index (κ3) is 9.37. The molecule has 1 fully saturated rings. The van der Waals surface area contributed by atoms with Gasteiger partial charge in [0.05, 0.1) is 22.9 Å². The van der Waals surface area contributed by atoms with Crippen molar-refractivity contribution in [2.75, 3.05) is 5.75 Å². The summed E-state index contributed by atoms with van der Waals surface area (Å²) in [4.78, 5) is 11.3. The molecule has 6 nitrogen and oxygen atoms in total. The summed E-state index contributed by atoms with van der Waals surface area (Å²) in [5.74, 6) is -0.848. The van der Waals surface area contributed by atoms with Crippen LogP contribution in [0.25, 0.3) is 0 Å². The Labute approximate surface area is 246 Å². The van der Waals surface area contributed by atoms with E-state index in [0.29, 0.717) is 24.2 Å². The second-order valence-corrected chi connectivity index (χ2v) is 22.9. The standard InChI is InChI=1S/C31H54O6SSi2/c1-7-39(8-2,9-3)36-29-24-30(37-40(10-4,11-5)12-6)28(25-38(34,35)26-20-16-15-17-21-26)27(29)22-18-13-14-19-23-31(32)33/h13,15-18,20-21,27-30H,7-12,14,19,22-25H2,1-6H3,(H,32,33)/t27-,28-,29+,30-/m1/s1. The van der Waals surface area contributed by atoms with E-state index in [1.807, 2.05) is 6.07 Å². The van der Waals surface area contributed by atoms with Crippen LogP contribution in [0.2, 0.25) is 36.3 Å². The van der Waals surface area contributed by atoms with E-state index >= 15 is 0 Å². The SMILES string of the molecule is CC[Si](CC)(CC)O[C@H]1C[C@@H](O[Si](CC)(CC)CC)[C@H](CS(=O)(=O)c2ccccc2)[C@H]1CC=CCCCC(=O)O. The van der Waals surface area contributed by atoms with Crippen LogP contribution in [0.4, 0.5) is 0 Å². The number of rotatable bonds is 19. The van der Waals surface area contributed by atoms with Gasteiger partial charge in [-0.3, -0.25) is 4.79 Å². The molecule has 1 saturated carbocycles. The normalized spacial score (nSPS) is 22.2. The van der Waals surface area contributed by atoms with Crippen LogP contribution in [-0.4, -0.2) is 54.1 Å². The van der Waals surface area contributed by atoms with E-state index < -0.39 is 32.4 Å². The second-order valence-electron chi connectivity index (χ2n) is 11.5. The Morgan fingerprint density at radius 1 is 0.850 bits per heavy atom. The maximum absolute atomic E-state index is 13.7. The van der Waals surface area contributed by atoms with Gasteiger partial charge in [-0.25, -0.2) is 8.42 Å². The average Bonchev–Trinajstić information content (AvgIpc) is 3.26. The Morgan fingerprint density at radius 3 is 1.82 bits per heavy atom. The van der Waals surface area contributed by atoms with Crippen LogP contribution < -0.4 is 0 Å². The summed E-state index contributed by atoms with van der Waals surface area (Å²) >= 11 is 0. The number of hydrogen-bond acceptors (Lipinski definition) is 5. The molecule has 0 aromatic heterocycles. The molecule has 40 heavy (non-hydrogen) atoms. The van der Waals surface area contributed by atoms with Gasteiger partial charge in [-0.05, 0) is 80.0 Å². The number of carboxylic acids is 1. The molecule has 0 bridgehead atoms. The van der Waals surface area contributed by atoms with Crippen molar-refractivity contribution in [2.24, 2.45) is 11.8 Å². The van der Waals surface area contributed by atoms with Crippen LogP contribution in [0, 0.1) is 11.8 Å². The van der Waals surface area contributed by atoms with Gasteiger partial charge < -0.3 is 14.0 Å². The van der Waals surface area contributed by atoms with Crippen molar-refractivity contribution >= 4 is 32.4 Å². The van der Waals surface area contributed by atoms with Crippen LogP contribution in [0.1, 0.15) is 73.6 Å². The summed E-state index contributed by atoms with van der Waals surface area (Å²) in [6.45, 7) is 13.4. The van der Waals surface area contributed by atoms with Gasteiger partial charge in [-0.2, -0.15) is 0 Å². The van der Waals surface area contributed by atoms with Crippen LogP contribution in [0.5, 0.6) is 0 Å². The molecule has 0 unspecified atom stereocenters. The lowest BCUT2D eigenvalue weighted by Gasteiger charge is -2.35. The molecule has 0 amide bonds. The summed E-state index contributed by atoms with van der Waals surface area (Å²) in [6.07, 6.45) is 6.93. The van der Waals surface area contributed by atoms with Crippen molar-refractivity contribution in [3.05, 3.63) is 42.5 Å². The maximum Gasteiger partial charge on any atom is 0.303 e. The number of aliphatic carboxylic acids is 1. The number of carboxylic acid groups (broad SMARTS) is 1. The van der Waals surface area contributed by atoms with Crippen molar-refractivity contribution in [1.29, 1.82) is 0 Å². The fourth-order valence-corrected chi connectivity index (χ4v) is 13.9. The minimum Gasteiger partial charge on any atom is -0.481 e. The molecule has 4 atom stereocenters. The molecule has 0 saturated heterocycles. The van der Waals surface area contributed by atoms with Crippen molar-refractivity contribution in [1.82, 2.24) is 0 Å². The van der Waals surface area contributed by atoms with E-state index in [9.17, 15) is 13.2 Å². The van der Waals surface area contributed by atoms with Crippen LogP contribution in [0.15, 0.2) is 47.4 Å². The quantitative estimate of drug-likeness (QED) is 0.0967. The predicted octanol–water partition coefficient (Wildman–Crippen LogP) is 8.08. The highest BCUT2D eigenvalue weighted by molar-refractivity contribution is 7.91. The Balaban J connectivity index is 2.48. The highest BCUT2D eigenvalue weighted by atomic mass is 32.2. The lowest BCUT2D eigenvalue weighted by atomic mass is 9.92. The average molecular weight is 611 g/mol. The molecule has 0 spiro atoms. The smallest absolute Gasteiger partial charge is 0.303 e. The molecule has 1 aromatic rings. The number of unbranched alkanes of at least 4 members (excludes halogenated alkanes) is 1. The molecule has 1 aliphatic rings. The van der Waals surface area contributed by atoms with Gasteiger partial charge >= 0.3 is 5.97 Å². The zero-order chi connectivity index (χ0) is 29.8. The monoisotopic (exact) mass is 610 g/mol. The van der Waals surface area contributed by atoms with Gasteiger partial charge in [0.25, 0.3) is 0 Å². The maximum atomic E-state index is 13.7. The van der Waals surface area contributed by atoms with Gasteiger partial charge in [0.1, 0.15) is 0 Å². The summed E-state index contributed by atoms with van der Waals surface area (Å²) in [5.41, 5.74) is 0. The molecule has 9 heteroatoms. The van der Waals surface area contributed by atoms with E-state index in [-0.39, 0.29) is 36.2 Å². The Kier molecular flexibility index (Phi) is 14.3. The molecular formula is C31H54O6SSi2. The third-order valence-corrected chi connectivity index (χ3v) is 20.6. The first-order valence-electron chi connectivity index (χ1n) is 15.5.